The Kier molecular flexibility index (Phi) is 4.26. The van der Waals surface area contributed by atoms with Gasteiger partial charge in [0.2, 0.25) is 10.0 Å². The summed E-state index contributed by atoms with van der Waals surface area (Å²) < 4.78 is 27.1. The van der Waals surface area contributed by atoms with Gasteiger partial charge in [0, 0.05) is 12.2 Å². The first-order valence-corrected chi connectivity index (χ1v) is 7.75. The third kappa shape index (κ3) is 3.60. The molecule has 0 saturated carbocycles. The van der Waals surface area contributed by atoms with Crippen molar-refractivity contribution in [1.82, 2.24) is 4.72 Å². The maximum atomic E-state index is 12.3. The lowest BCUT2D eigenvalue weighted by molar-refractivity contribution is 0.580. The molecule has 3 N–H and O–H groups in total. The van der Waals surface area contributed by atoms with Crippen molar-refractivity contribution < 1.29 is 8.42 Å². The minimum absolute atomic E-state index is 0.178. The number of hydrogen-bond acceptors (Lipinski definition) is 4. The zero-order valence-corrected chi connectivity index (χ0v) is 12.3. The molecule has 0 aromatic heterocycles. The molecule has 0 atom stereocenters. The number of rotatable bonds is 4. The van der Waals surface area contributed by atoms with E-state index < -0.39 is 10.0 Å². The first-order valence-electron chi connectivity index (χ1n) is 6.27. The number of anilines is 1. The highest BCUT2D eigenvalue weighted by atomic mass is 32.2. The lowest BCUT2D eigenvalue weighted by Gasteiger charge is -2.09. The SMILES string of the molecule is Cc1cc(C#N)ccc1S(=O)(=O)NCc1ccc(N)cc1. The molecule has 0 aliphatic heterocycles. The van der Waals surface area contributed by atoms with Gasteiger partial charge in [-0.25, -0.2) is 13.1 Å². The third-order valence-electron chi connectivity index (χ3n) is 3.04. The number of benzene rings is 2. The number of nitrogen functional groups attached to an aromatic ring is 1. The molecule has 0 aliphatic carbocycles. The number of nitrogens with one attached hydrogen (secondary N) is 1. The number of hydrogen-bond donors (Lipinski definition) is 2. The zero-order chi connectivity index (χ0) is 15.5. The molecule has 0 heterocycles. The molecule has 6 heteroatoms. The summed E-state index contributed by atoms with van der Waals surface area (Å²) in [6.07, 6.45) is 0. The van der Waals surface area contributed by atoms with E-state index in [1.165, 1.54) is 12.1 Å². The second-order valence-corrected chi connectivity index (χ2v) is 6.39. The highest BCUT2D eigenvalue weighted by Crippen LogP contribution is 2.17. The van der Waals surface area contributed by atoms with Crippen LogP contribution in [-0.4, -0.2) is 8.42 Å². The van der Waals surface area contributed by atoms with Crippen molar-refractivity contribution in [3.63, 3.8) is 0 Å². The van der Waals surface area contributed by atoms with Gasteiger partial charge in [0.15, 0.2) is 0 Å². The minimum atomic E-state index is -3.61. The molecule has 0 saturated heterocycles. The van der Waals surface area contributed by atoms with Crippen molar-refractivity contribution in [3.8, 4) is 6.07 Å². The Morgan fingerprint density at radius 3 is 2.43 bits per heavy atom. The Morgan fingerprint density at radius 1 is 1.19 bits per heavy atom. The molecule has 2 aromatic carbocycles. The summed E-state index contributed by atoms with van der Waals surface area (Å²) in [7, 11) is -3.61. The summed E-state index contributed by atoms with van der Waals surface area (Å²) in [6.45, 7) is 1.85. The third-order valence-corrected chi connectivity index (χ3v) is 4.60. The van der Waals surface area contributed by atoms with Crippen LogP contribution in [0.1, 0.15) is 16.7 Å². The molecule has 0 bridgehead atoms. The molecule has 0 aliphatic rings. The Hall–Kier alpha value is -2.36. The summed E-state index contributed by atoms with van der Waals surface area (Å²) in [5, 5.41) is 8.80. The second-order valence-electron chi connectivity index (χ2n) is 4.66. The fourth-order valence-electron chi connectivity index (χ4n) is 1.91. The van der Waals surface area contributed by atoms with E-state index in [1.807, 2.05) is 6.07 Å². The highest BCUT2D eigenvalue weighted by molar-refractivity contribution is 7.89. The average molecular weight is 301 g/mol. The van der Waals surface area contributed by atoms with Gasteiger partial charge in [-0.1, -0.05) is 12.1 Å². The summed E-state index contributed by atoms with van der Waals surface area (Å²) in [4.78, 5) is 0.178. The van der Waals surface area contributed by atoms with Crippen LogP contribution in [0.3, 0.4) is 0 Å². The Bertz CT molecular complexity index is 791. The molecular formula is C15H15N3O2S. The molecular weight excluding hydrogens is 286 g/mol. The summed E-state index contributed by atoms with van der Waals surface area (Å²) in [6, 6.07) is 13.4. The van der Waals surface area contributed by atoms with Crippen molar-refractivity contribution in [2.45, 2.75) is 18.4 Å². The number of nitriles is 1. The fraction of sp³-hybridized carbons (Fsp3) is 0.133. The number of nitrogens with two attached hydrogens (primary N) is 1. The van der Waals surface area contributed by atoms with Crippen molar-refractivity contribution in [2.75, 3.05) is 5.73 Å². The van der Waals surface area contributed by atoms with E-state index in [9.17, 15) is 8.42 Å². The predicted molar refractivity (Wildman–Crippen MR) is 80.8 cm³/mol. The van der Waals surface area contributed by atoms with Crippen LogP contribution in [0, 0.1) is 18.3 Å². The molecule has 21 heavy (non-hydrogen) atoms. The average Bonchev–Trinajstić information content (AvgIpc) is 2.46. The van der Waals surface area contributed by atoms with Crippen molar-refractivity contribution in [1.29, 1.82) is 5.26 Å². The molecule has 0 fully saturated rings. The first kappa shape index (κ1) is 15.0. The van der Waals surface area contributed by atoms with Gasteiger partial charge >= 0.3 is 0 Å². The van der Waals surface area contributed by atoms with Crippen molar-refractivity contribution in [2.24, 2.45) is 0 Å². The normalized spacial score (nSPS) is 11.0. The van der Waals surface area contributed by atoms with Gasteiger partial charge in [0.05, 0.1) is 16.5 Å². The second kappa shape index (κ2) is 5.95. The summed E-state index contributed by atoms with van der Waals surface area (Å²) in [5.41, 5.74) is 8.01. The van der Waals surface area contributed by atoms with E-state index in [-0.39, 0.29) is 11.4 Å². The van der Waals surface area contributed by atoms with E-state index in [2.05, 4.69) is 4.72 Å². The van der Waals surface area contributed by atoms with Crippen LogP contribution in [0.4, 0.5) is 5.69 Å². The topological polar surface area (TPSA) is 96.0 Å². The van der Waals surface area contributed by atoms with Gasteiger partial charge < -0.3 is 5.73 Å². The first-order chi connectivity index (χ1) is 9.92. The largest absolute Gasteiger partial charge is 0.399 e. The summed E-state index contributed by atoms with van der Waals surface area (Å²) in [5.74, 6) is 0. The monoisotopic (exact) mass is 301 g/mol. The van der Waals surface area contributed by atoms with Crippen molar-refractivity contribution in [3.05, 3.63) is 59.2 Å². The molecule has 5 nitrogen and oxygen atoms in total. The molecule has 2 rings (SSSR count). The number of sulfonamides is 1. The number of nitrogens with zero attached hydrogens (tertiary/aromatic N) is 1. The van der Waals surface area contributed by atoms with Gasteiger partial charge in [0.1, 0.15) is 0 Å². The number of aryl methyl sites for hydroxylation is 1. The van der Waals surface area contributed by atoms with E-state index in [1.54, 1.807) is 37.3 Å². The van der Waals surface area contributed by atoms with Crippen LogP contribution < -0.4 is 10.5 Å². The van der Waals surface area contributed by atoms with Gasteiger partial charge in [-0.05, 0) is 48.4 Å². The van der Waals surface area contributed by atoms with Gasteiger partial charge in [-0.15, -0.1) is 0 Å². The fourth-order valence-corrected chi connectivity index (χ4v) is 3.15. The molecule has 0 unspecified atom stereocenters. The predicted octanol–water partition coefficient (Wildman–Crippen LogP) is 1.93. The van der Waals surface area contributed by atoms with Crippen LogP contribution in [-0.2, 0) is 16.6 Å². The Balaban J connectivity index is 2.19. The van der Waals surface area contributed by atoms with Crippen LogP contribution >= 0.6 is 0 Å². The Labute approximate surface area is 124 Å². The van der Waals surface area contributed by atoms with Crippen molar-refractivity contribution >= 4 is 15.7 Å². The quantitative estimate of drug-likeness (QED) is 0.843. The van der Waals surface area contributed by atoms with Gasteiger partial charge in [-0.3, -0.25) is 0 Å². The van der Waals surface area contributed by atoms with E-state index >= 15 is 0 Å². The van der Waals surface area contributed by atoms with Crippen LogP contribution in [0.25, 0.3) is 0 Å². The zero-order valence-electron chi connectivity index (χ0n) is 11.5. The maximum absolute atomic E-state index is 12.3. The molecule has 0 radical (unpaired) electrons. The molecule has 0 spiro atoms. The van der Waals surface area contributed by atoms with Crippen LogP contribution in [0.2, 0.25) is 0 Å². The van der Waals surface area contributed by atoms with Gasteiger partial charge in [-0.2, -0.15) is 5.26 Å². The minimum Gasteiger partial charge on any atom is -0.399 e. The van der Waals surface area contributed by atoms with Crippen LogP contribution in [0.15, 0.2) is 47.4 Å². The Morgan fingerprint density at radius 2 is 1.86 bits per heavy atom. The van der Waals surface area contributed by atoms with Gasteiger partial charge in [0.25, 0.3) is 0 Å². The van der Waals surface area contributed by atoms with E-state index in [0.717, 1.165) is 5.56 Å². The maximum Gasteiger partial charge on any atom is 0.241 e. The van der Waals surface area contributed by atoms with E-state index in [0.29, 0.717) is 16.8 Å². The smallest absolute Gasteiger partial charge is 0.241 e. The molecule has 2 aromatic rings. The lowest BCUT2D eigenvalue weighted by atomic mass is 10.2. The summed E-state index contributed by atoms with van der Waals surface area (Å²) >= 11 is 0. The molecule has 108 valence electrons. The lowest BCUT2D eigenvalue weighted by Crippen LogP contribution is -2.24. The highest BCUT2D eigenvalue weighted by Gasteiger charge is 2.16. The standard InChI is InChI=1S/C15H15N3O2S/c1-11-8-13(9-16)4-7-15(11)21(19,20)18-10-12-2-5-14(17)6-3-12/h2-8,18H,10,17H2,1H3. The van der Waals surface area contributed by atoms with Crippen LogP contribution in [0.5, 0.6) is 0 Å². The molecule has 0 amide bonds. The van der Waals surface area contributed by atoms with E-state index in [4.69, 9.17) is 11.0 Å².